The molecule has 0 aliphatic rings. The van der Waals surface area contributed by atoms with Crippen molar-refractivity contribution in [3.63, 3.8) is 0 Å². The molecule has 0 radical (unpaired) electrons. The highest BCUT2D eigenvalue weighted by Crippen LogP contribution is 2.52. The fourth-order valence-corrected chi connectivity index (χ4v) is 11.9. The first-order chi connectivity index (χ1) is 37.4. The smallest absolute Gasteiger partial charge is 0.159 e. The standard InChI is InChI=1S/C72H58N2O2/c1-5-46-29-37-54(38-30-46)73(66-27-15-23-58(70(66)75)53-20-13-19-52(45-53)56-21-11-9-17-48(56)7-3)64-43-35-50-34-42-63-65(44-36-51-33-41-62(64)68(50)69(51)63)74(55-39-31-47(6-2)32-40-55)67-28-16-26-61-60-25-14-24-59(71(60)76-72(61)67)57-22-12-10-18-49(57)8-4/h9-45,75H,5-8H2,1-4H3. The Morgan fingerprint density at radius 1 is 0.342 bits per heavy atom. The topological polar surface area (TPSA) is 39.9 Å². The molecule has 0 bridgehead atoms. The monoisotopic (exact) mass is 982 g/mol. The highest BCUT2D eigenvalue weighted by Gasteiger charge is 2.26. The molecule has 1 N–H and O–H groups in total. The maximum absolute atomic E-state index is 12.8. The Morgan fingerprint density at radius 3 is 1.41 bits per heavy atom. The molecular weight excluding hydrogens is 925 g/mol. The average Bonchev–Trinajstić information content (AvgIpc) is 3.99. The lowest BCUT2D eigenvalue weighted by Gasteiger charge is -2.30. The van der Waals surface area contributed by atoms with Gasteiger partial charge in [-0.15, -0.1) is 0 Å². The lowest BCUT2D eigenvalue weighted by molar-refractivity contribution is 0.478. The Bertz CT molecular complexity index is 4300. The van der Waals surface area contributed by atoms with Crippen LogP contribution < -0.4 is 9.80 Å². The van der Waals surface area contributed by atoms with Crippen LogP contribution in [-0.2, 0) is 25.7 Å². The predicted octanol–water partition coefficient (Wildman–Crippen LogP) is 20.4. The van der Waals surface area contributed by atoms with Gasteiger partial charge in [0.25, 0.3) is 0 Å². The summed E-state index contributed by atoms with van der Waals surface area (Å²) < 4.78 is 7.22. The molecule has 4 heteroatoms. The van der Waals surface area contributed by atoms with Gasteiger partial charge in [-0.05, 0) is 146 Å². The van der Waals surface area contributed by atoms with E-state index >= 15 is 0 Å². The van der Waals surface area contributed by atoms with E-state index in [2.05, 4.69) is 250 Å². The van der Waals surface area contributed by atoms with Crippen LogP contribution in [0.1, 0.15) is 49.9 Å². The van der Waals surface area contributed by atoms with Gasteiger partial charge in [-0.2, -0.15) is 0 Å². The minimum atomic E-state index is 0.224. The number of hydrogen-bond donors (Lipinski definition) is 1. The van der Waals surface area contributed by atoms with Crippen LogP contribution in [0.4, 0.5) is 34.1 Å². The molecule has 0 saturated heterocycles. The third kappa shape index (κ3) is 7.75. The number of phenolic OH excluding ortho intramolecular Hbond substituents is 1. The fourth-order valence-electron chi connectivity index (χ4n) is 11.9. The van der Waals surface area contributed by atoms with E-state index in [0.29, 0.717) is 5.69 Å². The van der Waals surface area contributed by atoms with E-state index in [0.717, 1.165) is 120 Å². The number of rotatable bonds is 13. The molecule has 13 rings (SSSR count). The number of para-hydroxylation sites is 3. The van der Waals surface area contributed by atoms with Gasteiger partial charge in [0.05, 0.1) is 22.7 Å². The second-order valence-electron chi connectivity index (χ2n) is 20.0. The number of aryl methyl sites for hydroxylation is 4. The van der Waals surface area contributed by atoms with Crippen molar-refractivity contribution in [1.82, 2.24) is 0 Å². The largest absolute Gasteiger partial charge is 0.505 e. The zero-order valence-electron chi connectivity index (χ0n) is 43.4. The molecule has 0 aliphatic carbocycles. The van der Waals surface area contributed by atoms with Crippen LogP contribution in [0.5, 0.6) is 5.75 Å². The number of fused-ring (bicyclic) bond motifs is 3. The Balaban J connectivity index is 1.01. The summed E-state index contributed by atoms with van der Waals surface area (Å²) in [7, 11) is 0. The molecule has 4 nitrogen and oxygen atoms in total. The molecule has 1 heterocycles. The van der Waals surface area contributed by atoms with Crippen molar-refractivity contribution in [1.29, 1.82) is 0 Å². The van der Waals surface area contributed by atoms with Gasteiger partial charge >= 0.3 is 0 Å². The third-order valence-electron chi connectivity index (χ3n) is 15.9. The van der Waals surface area contributed by atoms with Gasteiger partial charge in [-0.25, -0.2) is 0 Å². The van der Waals surface area contributed by atoms with E-state index in [4.69, 9.17) is 4.42 Å². The zero-order valence-corrected chi connectivity index (χ0v) is 43.4. The summed E-state index contributed by atoms with van der Waals surface area (Å²) in [5.74, 6) is 0.224. The lowest BCUT2D eigenvalue weighted by Crippen LogP contribution is -2.12. The quantitative estimate of drug-likeness (QED) is 0.117. The van der Waals surface area contributed by atoms with Crippen LogP contribution in [-0.4, -0.2) is 5.11 Å². The maximum Gasteiger partial charge on any atom is 0.159 e. The van der Waals surface area contributed by atoms with Crippen LogP contribution in [0.15, 0.2) is 229 Å². The van der Waals surface area contributed by atoms with Crippen LogP contribution >= 0.6 is 0 Å². The normalized spacial score (nSPS) is 11.7. The van der Waals surface area contributed by atoms with E-state index in [-0.39, 0.29) is 5.75 Å². The molecule has 0 saturated carbocycles. The number of phenols is 1. The minimum Gasteiger partial charge on any atom is -0.505 e. The summed E-state index contributed by atoms with van der Waals surface area (Å²) in [6.45, 7) is 8.81. The van der Waals surface area contributed by atoms with Gasteiger partial charge in [0.2, 0.25) is 0 Å². The molecule has 1 aromatic heterocycles. The third-order valence-corrected chi connectivity index (χ3v) is 15.9. The van der Waals surface area contributed by atoms with Crippen molar-refractivity contribution in [2.45, 2.75) is 53.4 Å². The Morgan fingerprint density at radius 2 is 0.803 bits per heavy atom. The van der Waals surface area contributed by atoms with Gasteiger partial charge < -0.3 is 19.3 Å². The molecule has 0 unspecified atom stereocenters. The average molecular weight is 983 g/mol. The lowest BCUT2D eigenvalue weighted by atomic mass is 9.91. The van der Waals surface area contributed by atoms with E-state index in [1.165, 1.54) is 44.2 Å². The predicted molar refractivity (Wildman–Crippen MR) is 322 cm³/mol. The maximum atomic E-state index is 12.8. The van der Waals surface area contributed by atoms with Gasteiger partial charge in [0, 0.05) is 44.0 Å². The molecule has 0 amide bonds. The first kappa shape index (κ1) is 46.7. The Kier molecular flexibility index (Phi) is 11.8. The second kappa shape index (κ2) is 19.3. The Labute approximate surface area is 444 Å². The number of hydrogen-bond acceptors (Lipinski definition) is 4. The molecule has 13 aromatic rings. The first-order valence-electron chi connectivity index (χ1n) is 27.0. The summed E-state index contributed by atoms with van der Waals surface area (Å²) >= 11 is 0. The van der Waals surface area contributed by atoms with Crippen molar-refractivity contribution in [2.24, 2.45) is 0 Å². The summed E-state index contributed by atoms with van der Waals surface area (Å²) in [5, 5.41) is 21.8. The highest BCUT2D eigenvalue weighted by molar-refractivity contribution is 6.28. The number of furan rings is 1. The first-order valence-corrected chi connectivity index (χ1v) is 27.0. The molecule has 76 heavy (non-hydrogen) atoms. The van der Waals surface area contributed by atoms with E-state index in [1.807, 2.05) is 12.1 Å². The molecular formula is C72H58N2O2. The molecule has 0 fully saturated rings. The van der Waals surface area contributed by atoms with Crippen LogP contribution in [0.25, 0.3) is 87.6 Å². The Hall–Kier alpha value is -9.12. The van der Waals surface area contributed by atoms with E-state index < -0.39 is 0 Å². The SMILES string of the molecule is CCc1ccc(N(c2cccc(-c3cccc(-c4ccccc4CC)c3)c2O)c2ccc3ccc4c(N(c5ccc(CC)cc5)c5cccc6c5oc5c(-c7ccccc7CC)cccc56)ccc5ccc2c3c54)cc1. The molecule has 0 aliphatic heterocycles. The van der Waals surface area contributed by atoms with Crippen molar-refractivity contribution < 1.29 is 9.52 Å². The number of benzene rings is 12. The molecule has 12 aromatic carbocycles. The van der Waals surface area contributed by atoms with Crippen LogP contribution in [0.2, 0.25) is 0 Å². The van der Waals surface area contributed by atoms with Crippen LogP contribution in [0, 0.1) is 0 Å². The highest BCUT2D eigenvalue weighted by atomic mass is 16.3. The number of aromatic hydroxyl groups is 1. The van der Waals surface area contributed by atoms with Crippen LogP contribution in [0.3, 0.4) is 0 Å². The van der Waals surface area contributed by atoms with Crippen molar-refractivity contribution in [2.75, 3.05) is 9.80 Å². The second-order valence-corrected chi connectivity index (χ2v) is 20.0. The van der Waals surface area contributed by atoms with E-state index in [9.17, 15) is 5.11 Å². The molecule has 0 atom stereocenters. The van der Waals surface area contributed by atoms with Gasteiger partial charge in [0.15, 0.2) is 5.58 Å². The summed E-state index contributed by atoms with van der Waals surface area (Å²) in [5.41, 5.74) is 19.0. The summed E-state index contributed by atoms with van der Waals surface area (Å²) in [4.78, 5) is 4.65. The fraction of sp³-hybridized carbons (Fsp3) is 0.111. The summed E-state index contributed by atoms with van der Waals surface area (Å²) in [6.07, 6.45) is 3.75. The minimum absolute atomic E-state index is 0.224. The van der Waals surface area contributed by atoms with Gasteiger partial charge in [-0.3, -0.25) is 0 Å². The summed E-state index contributed by atoms with van der Waals surface area (Å²) in [6, 6.07) is 81.1. The molecule has 368 valence electrons. The number of anilines is 6. The van der Waals surface area contributed by atoms with E-state index in [1.54, 1.807) is 0 Å². The van der Waals surface area contributed by atoms with Crippen molar-refractivity contribution in [3.8, 4) is 39.1 Å². The van der Waals surface area contributed by atoms with Gasteiger partial charge in [-0.1, -0.05) is 198 Å². The number of nitrogens with zero attached hydrogens (tertiary/aromatic N) is 2. The zero-order chi connectivity index (χ0) is 51.4. The molecule has 0 spiro atoms. The van der Waals surface area contributed by atoms with Gasteiger partial charge in [0.1, 0.15) is 11.3 Å². The van der Waals surface area contributed by atoms with Crippen molar-refractivity contribution >= 4 is 88.4 Å². The van der Waals surface area contributed by atoms with Crippen molar-refractivity contribution in [3.05, 3.63) is 247 Å².